The number of carbonyl (C=O) groups is 2. The van der Waals surface area contributed by atoms with Gasteiger partial charge in [-0.25, -0.2) is 4.79 Å². The van der Waals surface area contributed by atoms with Crippen molar-refractivity contribution in [2.24, 2.45) is 0 Å². The van der Waals surface area contributed by atoms with Crippen LogP contribution in [0.3, 0.4) is 0 Å². The summed E-state index contributed by atoms with van der Waals surface area (Å²) in [6.07, 6.45) is 2.94. The molecule has 0 saturated carbocycles. The third-order valence-electron chi connectivity index (χ3n) is 3.12. The summed E-state index contributed by atoms with van der Waals surface area (Å²) in [5.74, 6) is -1.02. The summed E-state index contributed by atoms with van der Waals surface area (Å²) in [7, 11) is 1.57. The number of carboxylic acid groups (broad SMARTS) is 1. The Hall–Kier alpha value is -1.10. The Morgan fingerprint density at radius 2 is 2.25 bits per heavy atom. The molecule has 0 aromatic heterocycles. The number of hydrogen-bond acceptors (Lipinski definition) is 3. The zero-order valence-electron chi connectivity index (χ0n) is 9.90. The molecule has 1 aliphatic rings. The SMILES string of the molecule is CCC(C(=O)O)N(C)C(=O)CC1CCCN1. The number of nitrogens with one attached hydrogen (secondary N) is 1. The standard InChI is InChI=1S/C11H20N2O3/c1-3-9(11(15)16)13(2)10(14)7-8-5-4-6-12-8/h8-9,12H,3-7H2,1-2H3,(H,15,16). The molecule has 1 saturated heterocycles. The van der Waals surface area contributed by atoms with Gasteiger partial charge in [-0.05, 0) is 25.8 Å². The number of rotatable bonds is 5. The van der Waals surface area contributed by atoms with Gasteiger partial charge in [0.1, 0.15) is 6.04 Å². The first-order chi connectivity index (χ1) is 7.56. The molecule has 16 heavy (non-hydrogen) atoms. The lowest BCUT2D eigenvalue weighted by Gasteiger charge is -2.25. The van der Waals surface area contributed by atoms with Gasteiger partial charge in [0.05, 0.1) is 0 Å². The molecule has 0 aliphatic carbocycles. The van der Waals surface area contributed by atoms with Crippen LogP contribution in [0, 0.1) is 0 Å². The Bertz CT molecular complexity index is 262. The molecule has 1 rings (SSSR count). The highest BCUT2D eigenvalue weighted by Gasteiger charge is 2.27. The highest BCUT2D eigenvalue weighted by Crippen LogP contribution is 2.12. The van der Waals surface area contributed by atoms with Crippen LogP contribution in [-0.4, -0.2) is 47.6 Å². The van der Waals surface area contributed by atoms with Gasteiger partial charge in [0.25, 0.3) is 0 Å². The first kappa shape index (κ1) is 13.0. The first-order valence-electron chi connectivity index (χ1n) is 5.78. The van der Waals surface area contributed by atoms with E-state index in [0.29, 0.717) is 12.8 Å². The van der Waals surface area contributed by atoms with Crippen LogP contribution in [0.1, 0.15) is 32.6 Å². The van der Waals surface area contributed by atoms with Gasteiger partial charge in [-0.3, -0.25) is 4.79 Å². The molecule has 0 bridgehead atoms. The Morgan fingerprint density at radius 1 is 1.56 bits per heavy atom. The second kappa shape index (κ2) is 5.84. The van der Waals surface area contributed by atoms with E-state index in [2.05, 4.69) is 5.32 Å². The number of amides is 1. The second-order valence-electron chi connectivity index (χ2n) is 4.26. The van der Waals surface area contributed by atoms with Gasteiger partial charge in [0.15, 0.2) is 0 Å². The summed E-state index contributed by atoms with van der Waals surface area (Å²) < 4.78 is 0. The lowest BCUT2D eigenvalue weighted by atomic mass is 10.1. The van der Waals surface area contributed by atoms with Crippen LogP contribution in [0.4, 0.5) is 0 Å². The van der Waals surface area contributed by atoms with Crippen molar-refractivity contribution in [3.05, 3.63) is 0 Å². The van der Waals surface area contributed by atoms with Crippen molar-refractivity contribution < 1.29 is 14.7 Å². The van der Waals surface area contributed by atoms with Crippen molar-refractivity contribution >= 4 is 11.9 Å². The van der Waals surface area contributed by atoms with Crippen LogP contribution in [0.25, 0.3) is 0 Å². The Morgan fingerprint density at radius 3 is 2.69 bits per heavy atom. The highest BCUT2D eigenvalue weighted by atomic mass is 16.4. The van der Waals surface area contributed by atoms with E-state index in [-0.39, 0.29) is 11.9 Å². The number of hydrogen-bond donors (Lipinski definition) is 2. The molecule has 1 amide bonds. The maximum Gasteiger partial charge on any atom is 0.326 e. The fraction of sp³-hybridized carbons (Fsp3) is 0.818. The van der Waals surface area contributed by atoms with Crippen molar-refractivity contribution in [2.45, 2.75) is 44.7 Å². The van der Waals surface area contributed by atoms with Crippen LogP contribution in [0.2, 0.25) is 0 Å². The molecular weight excluding hydrogens is 208 g/mol. The van der Waals surface area contributed by atoms with Gasteiger partial charge in [-0.1, -0.05) is 6.92 Å². The van der Waals surface area contributed by atoms with Gasteiger partial charge < -0.3 is 15.3 Å². The largest absolute Gasteiger partial charge is 0.480 e. The monoisotopic (exact) mass is 228 g/mol. The maximum atomic E-state index is 11.8. The minimum atomic E-state index is -0.933. The molecule has 5 heteroatoms. The van der Waals surface area contributed by atoms with Crippen molar-refractivity contribution in [1.82, 2.24) is 10.2 Å². The molecule has 0 radical (unpaired) electrons. The normalized spacial score (nSPS) is 21.8. The van der Waals surface area contributed by atoms with E-state index in [4.69, 9.17) is 5.11 Å². The van der Waals surface area contributed by atoms with Gasteiger partial charge in [-0.15, -0.1) is 0 Å². The fourth-order valence-electron chi connectivity index (χ4n) is 2.07. The summed E-state index contributed by atoms with van der Waals surface area (Å²) in [6, 6.07) is -0.477. The topological polar surface area (TPSA) is 69.6 Å². The molecule has 5 nitrogen and oxygen atoms in total. The highest BCUT2D eigenvalue weighted by molar-refractivity contribution is 5.83. The summed E-state index contributed by atoms with van der Waals surface area (Å²) >= 11 is 0. The minimum absolute atomic E-state index is 0.0892. The van der Waals surface area contributed by atoms with Crippen molar-refractivity contribution in [1.29, 1.82) is 0 Å². The molecule has 2 atom stereocenters. The van der Waals surface area contributed by atoms with E-state index in [1.807, 2.05) is 0 Å². The number of carboxylic acids is 1. The van der Waals surface area contributed by atoms with E-state index >= 15 is 0 Å². The van der Waals surface area contributed by atoms with Crippen molar-refractivity contribution in [2.75, 3.05) is 13.6 Å². The van der Waals surface area contributed by atoms with E-state index in [9.17, 15) is 9.59 Å². The maximum absolute atomic E-state index is 11.8. The third-order valence-corrected chi connectivity index (χ3v) is 3.12. The lowest BCUT2D eigenvalue weighted by molar-refractivity contribution is -0.149. The molecule has 0 aromatic rings. The average molecular weight is 228 g/mol. The van der Waals surface area contributed by atoms with Crippen molar-refractivity contribution in [3.63, 3.8) is 0 Å². The first-order valence-corrected chi connectivity index (χ1v) is 5.78. The van der Waals surface area contributed by atoms with E-state index < -0.39 is 12.0 Å². The smallest absolute Gasteiger partial charge is 0.326 e. The molecule has 1 aliphatic heterocycles. The van der Waals surface area contributed by atoms with E-state index in [1.165, 1.54) is 4.90 Å². The summed E-state index contributed by atoms with van der Waals surface area (Å²) in [4.78, 5) is 24.1. The number of nitrogens with zero attached hydrogens (tertiary/aromatic N) is 1. The second-order valence-corrected chi connectivity index (χ2v) is 4.26. The van der Waals surface area contributed by atoms with E-state index in [0.717, 1.165) is 19.4 Å². The molecule has 2 unspecified atom stereocenters. The zero-order valence-corrected chi connectivity index (χ0v) is 9.90. The lowest BCUT2D eigenvalue weighted by Crippen LogP contribution is -2.43. The van der Waals surface area contributed by atoms with Crippen molar-refractivity contribution in [3.8, 4) is 0 Å². The zero-order chi connectivity index (χ0) is 12.1. The van der Waals surface area contributed by atoms with Gasteiger partial charge >= 0.3 is 5.97 Å². The summed E-state index contributed by atoms with van der Waals surface area (Å²) in [5, 5.41) is 12.2. The van der Waals surface area contributed by atoms with Crippen LogP contribution in [0.5, 0.6) is 0 Å². The third kappa shape index (κ3) is 3.20. The summed E-state index contributed by atoms with van der Waals surface area (Å²) in [6.45, 7) is 2.73. The number of carbonyl (C=O) groups excluding carboxylic acids is 1. The van der Waals surface area contributed by atoms with Crippen LogP contribution in [-0.2, 0) is 9.59 Å². The number of likely N-dealkylation sites (N-methyl/N-ethyl adjacent to an activating group) is 1. The Labute approximate surface area is 95.8 Å². The quantitative estimate of drug-likeness (QED) is 0.717. The molecule has 1 heterocycles. The van der Waals surface area contributed by atoms with Gasteiger partial charge in [-0.2, -0.15) is 0 Å². The molecule has 0 aromatic carbocycles. The minimum Gasteiger partial charge on any atom is -0.480 e. The molecule has 0 spiro atoms. The number of aliphatic carboxylic acids is 1. The molecule has 1 fully saturated rings. The van der Waals surface area contributed by atoms with Crippen LogP contribution < -0.4 is 5.32 Å². The predicted molar refractivity (Wildman–Crippen MR) is 60.1 cm³/mol. The van der Waals surface area contributed by atoms with Gasteiger partial charge in [0.2, 0.25) is 5.91 Å². The van der Waals surface area contributed by atoms with Crippen LogP contribution in [0.15, 0.2) is 0 Å². The fourth-order valence-corrected chi connectivity index (χ4v) is 2.07. The summed E-state index contributed by atoms with van der Waals surface area (Å²) in [5.41, 5.74) is 0. The van der Waals surface area contributed by atoms with E-state index in [1.54, 1.807) is 14.0 Å². The Kier molecular flexibility index (Phi) is 4.73. The molecular formula is C11H20N2O3. The molecule has 2 N–H and O–H groups in total. The molecule has 92 valence electrons. The van der Waals surface area contributed by atoms with Gasteiger partial charge in [0, 0.05) is 19.5 Å². The predicted octanol–water partition coefficient (Wildman–Crippen LogP) is 0.450. The van der Waals surface area contributed by atoms with Crippen LogP contribution >= 0.6 is 0 Å². The Balaban J connectivity index is 2.48. The average Bonchev–Trinajstić information content (AvgIpc) is 2.70.